The fourth-order valence-electron chi connectivity index (χ4n) is 4.47. The van der Waals surface area contributed by atoms with Crippen LogP contribution in [0.25, 0.3) is 0 Å². The maximum absolute atomic E-state index is 6.20. The molecule has 0 N–H and O–H groups in total. The van der Waals surface area contributed by atoms with Gasteiger partial charge < -0.3 is 0 Å². The Morgan fingerprint density at radius 2 is 0.962 bits per heavy atom. The summed E-state index contributed by atoms with van der Waals surface area (Å²) < 4.78 is 0. The van der Waals surface area contributed by atoms with E-state index in [1.54, 1.807) is 0 Å². The molecular weight excluding hydrogens is 320 g/mol. The molecule has 2 atom stereocenters. The van der Waals surface area contributed by atoms with E-state index in [0.717, 1.165) is 24.0 Å². The molecule has 2 heterocycles. The van der Waals surface area contributed by atoms with Crippen molar-refractivity contribution in [2.75, 3.05) is 0 Å². The number of rotatable bonds is 2. The van der Waals surface area contributed by atoms with Crippen LogP contribution in [-0.2, 0) is 21.0 Å². The van der Waals surface area contributed by atoms with Crippen molar-refractivity contribution < 1.29 is 9.78 Å². The van der Waals surface area contributed by atoms with Gasteiger partial charge in [-0.1, -0.05) is 83.9 Å². The average Bonchev–Trinajstić information content (AvgIpc) is 2.70. The molecule has 6 rings (SSSR count). The minimum Gasteiger partial charge on any atom is -0.219 e. The zero-order valence-corrected chi connectivity index (χ0v) is 15.2. The van der Waals surface area contributed by atoms with Crippen LogP contribution >= 0.6 is 0 Å². The molecule has 2 aliphatic heterocycles. The number of hydrogen-bond acceptors (Lipinski definition) is 2. The summed E-state index contributed by atoms with van der Waals surface area (Å²) in [5.74, 6) is 0. The van der Waals surface area contributed by atoms with Crippen LogP contribution in [0.5, 0.6) is 0 Å². The van der Waals surface area contributed by atoms with Crippen LogP contribution in [0.4, 0.5) is 0 Å². The van der Waals surface area contributed by atoms with Gasteiger partial charge in [0.1, 0.15) is 0 Å². The molecule has 2 bridgehead atoms. The summed E-state index contributed by atoms with van der Waals surface area (Å²) in [6.45, 7) is 4.22. The molecule has 0 saturated carbocycles. The van der Waals surface area contributed by atoms with E-state index in [4.69, 9.17) is 9.78 Å². The Morgan fingerprint density at radius 1 is 0.577 bits per heavy atom. The predicted molar refractivity (Wildman–Crippen MR) is 102 cm³/mol. The maximum atomic E-state index is 6.20. The smallest absolute Gasteiger partial charge is 0.154 e. The van der Waals surface area contributed by atoms with Crippen molar-refractivity contribution in [1.82, 2.24) is 0 Å². The lowest BCUT2D eigenvalue weighted by molar-refractivity contribution is -0.443. The van der Waals surface area contributed by atoms with Gasteiger partial charge in [-0.3, -0.25) is 0 Å². The van der Waals surface area contributed by atoms with Crippen molar-refractivity contribution in [2.24, 2.45) is 0 Å². The van der Waals surface area contributed by atoms with E-state index in [0.29, 0.717) is 0 Å². The summed E-state index contributed by atoms with van der Waals surface area (Å²) in [6.07, 6.45) is 1.81. The molecule has 26 heavy (non-hydrogen) atoms. The zero-order valence-electron chi connectivity index (χ0n) is 15.2. The molecule has 0 radical (unpaired) electrons. The number of fused-ring (bicyclic) bond motifs is 2. The Bertz CT molecular complexity index is 866. The second-order valence-corrected chi connectivity index (χ2v) is 7.60. The first kappa shape index (κ1) is 15.8. The summed E-state index contributed by atoms with van der Waals surface area (Å²) >= 11 is 0. The topological polar surface area (TPSA) is 18.5 Å². The van der Waals surface area contributed by atoms with Gasteiger partial charge in [-0.25, -0.2) is 9.78 Å². The molecule has 0 spiro atoms. The van der Waals surface area contributed by atoms with E-state index in [9.17, 15) is 0 Å². The van der Waals surface area contributed by atoms with Gasteiger partial charge in [0.05, 0.1) is 0 Å². The Labute approximate surface area is 154 Å². The summed E-state index contributed by atoms with van der Waals surface area (Å²) in [6, 6.07) is 25.8. The van der Waals surface area contributed by atoms with E-state index in [2.05, 4.69) is 86.6 Å². The Hall–Kier alpha value is -2.42. The van der Waals surface area contributed by atoms with Crippen molar-refractivity contribution >= 4 is 0 Å². The molecule has 3 aliphatic rings. The number of aryl methyl sites for hydroxylation is 2. The van der Waals surface area contributed by atoms with E-state index in [-0.39, 0.29) is 0 Å². The fourth-order valence-corrected chi connectivity index (χ4v) is 4.47. The maximum Gasteiger partial charge on any atom is 0.154 e. The lowest BCUT2D eigenvalue weighted by Crippen LogP contribution is -2.51. The number of hydrogen-bond donors (Lipinski definition) is 0. The van der Waals surface area contributed by atoms with Crippen LogP contribution in [0.1, 0.15) is 46.2 Å². The highest BCUT2D eigenvalue weighted by atomic mass is 17.2. The first-order valence-electron chi connectivity index (χ1n) is 9.25. The average molecular weight is 342 g/mol. The highest BCUT2D eigenvalue weighted by molar-refractivity contribution is 5.52. The molecule has 3 aromatic rings. The van der Waals surface area contributed by atoms with Gasteiger partial charge in [0.15, 0.2) is 11.2 Å². The van der Waals surface area contributed by atoms with Gasteiger partial charge in [0.25, 0.3) is 0 Å². The van der Waals surface area contributed by atoms with Crippen LogP contribution < -0.4 is 0 Å². The van der Waals surface area contributed by atoms with E-state index < -0.39 is 11.2 Å². The molecule has 3 aromatic carbocycles. The minimum atomic E-state index is -0.517. The summed E-state index contributed by atoms with van der Waals surface area (Å²) in [4.78, 5) is 12.4. The molecule has 1 aliphatic carbocycles. The lowest BCUT2D eigenvalue weighted by atomic mass is 9.66. The van der Waals surface area contributed by atoms with Crippen molar-refractivity contribution in [1.29, 1.82) is 0 Å². The van der Waals surface area contributed by atoms with Gasteiger partial charge in [-0.2, -0.15) is 0 Å². The minimum absolute atomic E-state index is 0.517. The number of benzene rings is 3. The quantitative estimate of drug-likeness (QED) is 0.569. The van der Waals surface area contributed by atoms with Crippen LogP contribution in [0.15, 0.2) is 72.8 Å². The van der Waals surface area contributed by atoms with Crippen molar-refractivity contribution in [2.45, 2.75) is 37.9 Å². The molecule has 0 amide bonds. The molecule has 1 fully saturated rings. The normalized spacial score (nSPS) is 26.5. The highest BCUT2D eigenvalue weighted by Gasteiger charge is 2.57. The fraction of sp³-hybridized carbons (Fsp3) is 0.250. The van der Waals surface area contributed by atoms with Gasteiger partial charge in [0.2, 0.25) is 0 Å². The molecule has 0 aromatic heterocycles. The van der Waals surface area contributed by atoms with Crippen LogP contribution in [0.3, 0.4) is 0 Å². The lowest BCUT2D eigenvalue weighted by Gasteiger charge is -2.52. The van der Waals surface area contributed by atoms with E-state index in [1.165, 1.54) is 22.3 Å². The van der Waals surface area contributed by atoms with E-state index >= 15 is 0 Å². The van der Waals surface area contributed by atoms with Crippen molar-refractivity contribution in [3.8, 4) is 0 Å². The molecule has 2 nitrogen and oxygen atoms in total. The second kappa shape index (κ2) is 5.54. The predicted octanol–water partition coefficient (Wildman–Crippen LogP) is 5.55. The van der Waals surface area contributed by atoms with Gasteiger partial charge in [-0.05, 0) is 48.9 Å². The molecule has 130 valence electrons. The summed E-state index contributed by atoms with van der Waals surface area (Å²) in [7, 11) is 0. The van der Waals surface area contributed by atoms with Crippen LogP contribution in [0, 0.1) is 13.8 Å². The Morgan fingerprint density at radius 3 is 1.31 bits per heavy atom. The highest BCUT2D eigenvalue weighted by Crippen LogP contribution is 2.58. The van der Waals surface area contributed by atoms with Gasteiger partial charge >= 0.3 is 0 Å². The summed E-state index contributed by atoms with van der Waals surface area (Å²) in [5.41, 5.74) is 6.23. The standard InChI is InChI=1S/C24H22O2/c1-17-7-11-19(12-8-17)23-15-16-24(26-25-23,20-13-9-18(2)10-14-20)22-6-4-3-5-21(22)23/h3-14H,15-16H2,1-2H3. The Balaban J connectivity index is 1.71. The summed E-state index contributed by atoms with van der Waals surface area (Å²) in [5, 5.41) is 0. The van der Waals surface area contributed by atoms with Gasteiger partial charge in [0, 0.05) is 0 Å². The van der Waals surface area contributed by atoms with Crippen LogP contribution in [-0.4, -0.2) is 0 Å². The van der Waals surface area contributed by atoms with Gasteiger partial charge in [-0.15, -0.1) is 0 Å². The first-order valence-corrected chi connectivity index (χ1v) is 9.25. The molecule has 2 heteroatoms. The second-order valence-electron chi connectivity index (χ2n) is 7.60. The Kier molecular flexibility index (Phi) is 3.37. The van der Waals surface area contributed by atoms with Crippen LogP contribution in [0.2, 0.25) is 0 Å². The third-order valence-electron chi connectivity index (χ3n) is 5.99. The van der Waals surface area contributed by atoms with Crippen molar-refractivity contribution in [3.63, 3.8) is 0 Å². The molecule has 1 saturated heterocycles. The van der Waals surface area contributed by atoms with E-state index in [1.807, 2.05) is 0 Å². The molecular formula is C24H22O2. The largest absolute Gasteiger partial charge is 0.219 e. The third-order valence-corrected chi connectivity index (χ3v) is 5.99. The monoisotopic (exact) mass is 342 g/mol. The SMILES string of the molecule is Cc1ccc(C23CCC(c4ccc(C)cc4)(OO2)c2ccccc23)cc1. The molecule has 2 unspecified atom stereocenters. The third kappa shape index (κ3) is 2.06. The first-order chi connectivity index (χ1) is 12.6. The zero-order chi connectivity index (χ0) is 17.8. The van der Waals surface area contributed by atoms with Crippen molar-refractivity contribution in [3.05, 3.63) is 106 Å².